The molecular formula is C14H20BrN3O. The van der Waals surface area contributed by atoms with Crippen LogP contribution >= 0.6 is 15.9 Å². The number of amides is 1. The number of anilines is 1. The van der Waals surface area contributed by atoms with Gasteiger partial charge in [-0.15, -0.1) is 0 Å². The molecule has 1 heterocycles. The van der Waals surface area contributed by atoms with Crippen LogP contribution in [0.2, 0.25) is 0 Å². The van der Waals surface area contributed by atoms with Crippen molar-refractivity contribution in [3.8, 4) is 0 Å². The second kappa shape index (κ2) is 6.39. The van der Waals surface area contributed by atoms with Gasteiger partial charge in [0.25, 0.3) is 0 Å². The highest BCUT2D eigenvalue weighted by molar-refractivity contribution is 9.10. The van der Waals surface area contributed by atoms with Crippen LogP contribution < -0.4 is 10.2 Å². The van der Waals surface area contributed by atoms with Crippen molar-refractivity contribution in [3.63, 3.8) is 0 Å². The third-order valence-electron chi connectivity index (χ3n) is 3.43. The Kier molecular flexibility index (Phi) is 4.82. The summed E-state index contributed by atoms with van der Waals surface area (Å²) in [7, 11) is 3.81. The van der Waals surface area contributed by atoms with Gasteiger partial charge in [0.1, 0.15) is 0 Å². The van der Waals surface area contributed by atoms with Gasteiger partial charge in [-0.3, -0.25) is 4.79 Å². The molecule has 0 saturated carbocycles. The topological polar surface area (TPSA) is 35.6 Å². The molecule has 19 heavy (non-hydrogen) atoms. The highest BCUT2D eigenvalue weighted by Crippen LogP contribution is 2.26. The predicted molar refractivity (Wildman–Crippen MR) is 81.4 cm³/mol. The van der Waals surface area contributed by atoms with Crippen LogP contribution in [0.5, 0.6) is 0 Å². The number of hydrogen-bond donors (Lipinski definition) is 1. The molecule has 1 aliphatic rings. The Labute approximate surface area is 122 Å². The fraction of sp³-hybridized carbons (Fsp3) is 0.500. The van der Waals surface area contributed by atoms with Gasteiger partial charge < -0.3 is 15.1 Å². The average molecular weight is 326 g/mol. The zero-order valence-electron chi connectivity index (χ0n) is 11.4. The van der Waals surface area contributed by atoms with Crippen LogP contribution in [0, 0.1) is 0 Å². The molecule has 1 amide bonds. The van der Waals surface area contributed by atoms with Gasteiger partial charge in [-0.2, -0.15) is 0 Å². The first-order chi connectivity index (χ1) is 9.11. The normalized spacial score (nSPS) is 16.7. The smallest absolute Gasteiger partial charge is 0.241 e. The number of nitrogens with one attached hydrogen (secondary N) is 1. The minimum atomic E-state index is 0.188. The monoisotopic (exact) mass is 325 g/mol. The molecule has 0 aromatic heterocycles. The number of hydrogen-bond acceptors (Lipinski definition) is 3. The maximum Gasteiger partial charge on any atom is 0.241 e. The Balaban J connectivity index is 2.28. The molecule has 0 unspecified atom stereocenters. The van der Waals surface area contributed by atoms with Gasteiger partial charge in [-0.25, -0.2) is 0 Å². The maximum atomic E-state index is 12.0. The van der Waals surface area contributed by atoms with Crippen molar-refractivity contribution >= 4 is 27.5 Å². The average Bonchev–Trinajstić information content (AvgIpc) is 2.55. The molecular weight excluding hydrogens is 306 g/mol. The van der Waals surface area contributed by atoms with Crippen LogP contribution in [-0.4, -0.2) is 44.5 Å². The van der Waals surface area contributed by atoms with Crippen molar-refractivity contribution in [3.05, 3.63) is 28.2 Å². The van der Waals surface area contributed by atoms with Gasteiger partial charge >= 0.3 is 0 Å². The summed E-state index contributed by atoms with van der Waals surface area (Å²) in [6.07, 6.45) is 1.01. The fourth-order valence-electron chi connectivity index (χ4n) is 2.36. The lowest BCUT2D eigenvalue weighted by atomic mass is 10.1. The number of carbonyl (C=O) groups is 1. The molecule has 0 spiro atoms. The molecule has 1 saturated heterocycles. The largest absolute Gasteiger partial charge is 0.362 e. The van der Waals surface area contributed by atoms with Crippen LogP contribution in [0.4, 0.5) is 5.69 Å². The third kappa shape index (κ3) is 3.48. The number of likely N-dealkylation sites (N-methyl/N-ethyl adjacent to an activating group) is 1. The van der Waals surface area contributed by atoms with Crippen LogP contribution in [-0.2, 0) is 11.3 Å². The van der Waals surface area contributed by atoms with E-state index in [4.69, 9.17) is 0 Å². The lowest BCUT2D eigenvalue weighted by Gasteiger charge is -2.25. The second-order valence-electron chi connectivity index (χ2n) is 4.89. The summed E-state index contributed by atoms with van der Waals surface area (Å²) in [5.74, 6) is 0.188. The SMILES string of the molecule is CNCc1ccc(Br)cc1N1CCCN(C)C(=O)C1. The van der Waals surface area contributed by atoms with Crippen molar-refractivity contribution in [1.82, 2.24) is 10.2 Å². The first-order valence-corrected chi connectivity index (χ1v) is 7.33. The molecule has 104 valence electrons. The lowest BCUT2D eigenvalue weighted by molar-refractivity contribution is -0.127. The molecule has 1 fully saturated rings. The number of nitrogens with zero attached hydrogens (tertiary/aromatic N) is 2. The first kappa shape index (κ1) is 14.3. The number of rotatable bonds is 3. The summed E-state index contributed by atoms with van der Waals surface area (Å²) in [5.41, 5.74) is 2.37. The van der Waals surface area contributed by atoms with Crippen molar-refractivity contribution in [2.75, 3.05) is 38.6 Å². The van der Waals surface area contributed by atoms with E-state index in [-0.39, 0.29) is 5.91 Å². The second-order valence-corrected chi connectivity index (χ2v) is 5.81. The molecule has 1 aromatic rings. The Bertz CT molecular complexity index is 464. The summed E-state index contributed by atoms with van der Waals surface area (Å²) < 4.78 is 1.05. The maximum absolute atomic E-state index is 12.0. The van der Waals surface area contributed by atoms with Crippen molar-refractivity contribution < 1.29 is 4.79 Å². The van der Waals surface area contributed by atoms with Crippen molar-refractivity contribution in [2.45, 2.75) is 13.0 Å². The number of carbonyl (C=O) groups excluding carboxylic acids is 1. The van der Waals surface area contributed by atoms with E-state index in [0.29, 0.717) is 6.54 Å². The summed E-state index contributed by atoms with van der Waals surface area (Å²) in [4.78, 5) is 16.0. The predicted octanol–water partition coefficient (Wildman–Crippen LogP) is 1.84. The molecule has 2 rings (SSSR count). The van der Waals surface area contributed by atoms with Gasteiger partial charge in [0.05, 0.1) is 6.54 Å². The van der Waals surface area contributed by atoms with E-state index in [1.165, 1.54) is 5.56 Å². The third-order valence-corrected chi connectivity index (χ3v) is 3.92. The molecule has 1 aromatic carbocycles. The Morgan fingerprint density at radius 3 is 2.89 bits per heavy atom. The van der Waals surface area contributed by atoms with Gasteiger partial charge in [0.2, 0.25) is 5.91 Å². The van der Waals surface area contributed by atoms with E-state index in [1.807, 2.05) is 25.1 Å². The zero-order valence-corrected chi connectivity index (χ0v) is 13.0. The number of halogens is 1. The fourth-order valence-corrected chi connectivity index (χ4v) is 2.71. The molecule has 4 nitrogen and oxygen atoms in total. The summed E-state index contributed by atoms with van der Waals surface area (Å²) in [6.45, 7) is 3.03. The summed E-state index contributed by atoms with van der Waals surface area (Å²) >= 11 is 3.52. The first-order valence-electron chi connectivity index (χ1n) is 6.53. The van der Waals surface area contributed by atoms with Crippen molar-refractivity contribution in [2.24, 2.45) is 0 Å². The molecule has 0 aliphatic carbocycles. The Morgan fingerprint density at radius 1 is 1.37 bits per heavy atom. The van der Waals surface area contributed by atoms with Crippen LogP contribution in [0.15, 0.2) is 22.7 Å². The quantitative estimate of drug-likeness (QED) is 0.921. The minimum Gasteiger partial charge on any atom is -0.362 e. The standard InChI is InChI=1S/C14H20BrN3O/c1-16-9-11-4-5-12(15)8-13(11)18-7-3-6-17(2)14(19)10-18/h4-5,8,16H,3,6-7,9-10H2,1-2H3. The molecule has 0 radical (unpaired) electrons. The van der Waals surface area contributed by atoms with Gasteiger partial charge in [-0.1, -0.05) is 22.0 Å². The van der Waals surface area contributed by atoms with E-state index < -0.39 is 0 Å². The molecule has 1 N–H and O–H groups in total. The number of benzene rings is 1. The molecule has 0 atom stereocenters. The molecule has 1 aliphatic heterocycles. The van der Waals surface area contributed by atoms with Gasteiger partial charge in [0, 0.05) is 36.8 Å². The minimum absolute atomic E-state index is 0.188. The van der Waals surface area contributed by atoms with E-state index in [1.54, 1.807) is 0 Å². The van der Waals surface area contributed by atoms with Crippen LogP contribution in [0.25, 0.3) is 0 Å². The Morgan fingerprint density at radius 2 is 2.16 bits per heavy atom. The Hall–Kier alpha value is -1.07. The lowest BCUT2D eigenvalue weighted by Crippen LogP contribution is -2.35. The van der Waals surface area contributed by atoms with Gasteiger partial charge in [0.15, 0.2) is 0 Å². The van der Waals surface area contributed by atoms with Crippen LogP contribution in [0.3, 0.4) is 0 Å². The highest BCUT2D eigenvalue weighted by atomic mass is 79.9. The molecule has 0 bridgehead atoms. The summed E-state index contributed by atoms with van der Waals surface area (Å²) in [5, 5.41) is 3.18. The van der Waals surface area contributed by atoms with E-state index in [2.05, 4.69) is 38.3 Å². The van der Waals surface area contributed by atoms with E-state index in [9.17, 15) is 4.79 Å². The van der Waals surface area contributed by atoms with Gasteiger partial charge in [-0.05, 0) is 31.2 Å². The zero-order chi connectivity index (χ0) is 13.8. The summed E-state index contributed by atoms with van der Waals surface area (Å²) in [6, 6.07) is 6.25. The van der Waals surface area contributed by atoms with Crippen molar-refractivity contribution in [1.29, 1.82) is 0 Å². The molecule has 5 heteroatoms. The highest BCUT2D eigenvalue weighted by Gasteiger charge is 2.20. The van der Waals surface area contributed by atoms with E-state index in [0.717, 1.165) is 36.2 Å². The van der Waals surface area contributed by atoms with E-state index >= 15 is 0 Å². The van der Waals surface area contributed by atoms with Crippen LogP contribution in [0.1, 0.15) is 12.0 Å².